The second kappa shape index (κ2) is 6.84. The van der Waals surface area contributed by atoms with Crippen LogP contribution in [0.3, 0.4) is 0 Å². The molecule has 0 amide bonds. The lowest BCUT2D eigenvalue weighted by Crippen LogP contribution is -2.13. The summed E-state index contributed by atoms with van der Waals surface area (Å²) in [6, 6.07) is 15.4. The van der Waals surface area contributed by atoms with Gasteiger partial charge in [-0.3, -0.25) is 4.99 Å². The number of thiazole rings is 1. The van der Waals surface area contributed by atoms with E-state index in [0.29, 0.717) is 0 Å². The maximum Gasteiger partial charge on any atom is 0.205 e. The molecule has 0 saturated heterocycles. The lowest BCUT2D eigenvalue weighted by Gasteiger charge is -2.06. The summed E-state index contributed by atoms with van der Waals surface area (Å²) in [7, 11) is 1.77. The van der Waals surface area contributed by atoms with Gasteiger partial charge in [-0.05, 0) is 43.7 Å². The van der Waals surface area contributed by atoms with Crippen LogP contribution in [-0.4, -0.2) is 22.5 Å². The predicted molar refractivity (Wildman–Crippen MR) is 99.7 cm³/mol. The Morgan fingerprint density at radius 2 is 1.71 bits per heavy atom. The van der Waals surface area contributed by atoms with Gasteiger partial charge in [0.25, 0.3) is 0 Å². The maximum absolute atomic E-state index is 9.43. The summed E-state index contributed by atoms with van der Waals surface area (Å²) >= 11 is 1.56. The molecule has 122 valence electrons. The summed E-state index contributed by atoms with van der Waals surface area (Å²) in [4.78, 5) is 5.17. The Hall–Kier alpha value is -2.66. The van der Waals surface area contributed by atoms with Gasteiger partial charge in [0.15, 0.2) is 0 Å². The molecule has 0 unspecified atom stereocenters. The minimum atomic E-state index is 0.249. The minimum absolute atomic E-state index is 0.249. The molecule has 1 heterocycles. The number of benzene rings is 2. The first-order valence-corrected chi connectivity index (χ1v) is 8.52. The molecular weight excluding hydrogens is 318 g/mol. The first kappa shape index (κ1) is 16.2. The van der Waals surface area contributed by atoms with Crippen LogP contribution in [0, 0.1) is 6.92 Å². The average Bonchev–Trinajstić information content (AvgIpc) is 2.98. The lowest BCUT2D eigenvalue weighted by atomic mass is 10.1. The van der Waals surface area contributed by atoms with Crippen molar-refractivity contribution in [3.05, 3.63) is 69.8 Å². The molecule has 1 aromatic heterocycles. The van der Waals surface area contributed by atoms with E-state index in [4.69, 9.17) is 5.10 Å². The van der Waals surface area contributed by atoms with E-state index < -0.39 is 0 Å². The summed E-state index contributed by atoms with van der Waals surface area (Å²) in [5, 5.41) is 16.3. The van der Waals surface area contributed by atoms with Crippen molar-refractivity contribution >= 4 is 17.0 Å². The van der Waals surface area contributed by atoms with Crippen molar-refractivity contribution in [2.45, 2.75) is 13.8 Å². The Labute approximate surface area is 145 Å². The van der Waals surface area contributed by atoms with Crippen LogP contribution < -0.4 is 4.80 Å². The van der Waals surface area contributed by atoms with Crippen molar-refractivity contribution in [3.8, 4) is 17.0 Å². The van der Waals surface area contributed by atoms with Crippen molar-refractivity contribution in [2.75, 3.05) is 7.05 Å². The molecule has 3 rings (SSSR count). The van der Waals surface area contributed by atoms with Crippen molar-refractivity contribution in [1.29, 1.82) is 0 Å². The van der Waals surface area contributed by atoms with Crippen LogP contribution in [0.5, 0.6) is 5.75 Å². The van der Waals surface area contributed by atoms with Crippen LogP contribution in [0.15, 0.2) is 64.0 Å². The second-order valence-electron chi connectivity index (χ2n) is 5.54. The van der Waals surface area contributed by atoms with Crippen LogP contribution in [-0.2, 0) is 0 Å². The van der Waals surface area contributed by atoms with Gasteiger partial charge in [0.05, 0.1) is 11.4 Å². The molecule has 0 aliphatic carbocycles. The summed E-state index contributed by atoms with van der Waals surface area (Å²) in [5.74, 6) is 0.249. The summed E-state index contributed by atoms with van der Waals surface area (Å²) in [5.41, 5.74) is 5.16. The number of hydrogen-bond donors (Lipinski definition) is 1. The molecule has 0 aliphatic rings. The molecule has 2 aromatic carbocycles. The molecule has 0 fully saturated rings. The summed E-state index contributed by atoms with van der Waals surface area (Å²) in [6.07, 6.45) is 0. The van der Waals surface area contributed by atoms with E-state index in [-0.39, 0.29) is 5.75 Å². The quantitative estimate of drug-likeness (QED) is 0.721. The molecule has 4 nitrogen and oxygen atoms in total. The minimum Gasteiger partial charge on any atom is -0.508 e. The van der Waals surface area contributed by atoms with E-state index in [1.165, 1.54) is 5.56 Å². The molecule has 0 spiro atoms. The first-order valence-electron chi connectivity index (χ1n) is 7.64. The van der Waals surface area contributed by atoms with Gasteiger partial charge < -0.3 is 5.11 Å². The number of hydrogen-bond acceptors (Lipinski definition) is 4. The average molecular weight is 337 g/mol. The fourth-order valence-corrected chi connectivity index (χ4v) is 3.18. The van der Waals surface area contributed by atoms with E-state index in [1.54, 1.807) is 30.5 Å². The Morgan fingerprint density at radius 3 is 2.33 bits per heavy atom. The van der Waals surface area contributed by atoms with Crippen LogP contribution >= 0.6 is 11.3 Å². The Bertz CT molecular complexity index is 932. The molecule has 0 saturated carbocycles. The zero-order chi connectivity index (χ0) is 17.1. The Balaban J connectivity index is 2.10. The molecule has 0 aliphatic heterocycles. The van der Waals surface area contributed by atoms with Gasteiger partial charge in [0.1, 0.15) is 5.75 Å². The van der Waals surface area contributed by atoms with Crippen LogP contribution in [0.25, 0.3) is 11.3 Å². The third-order valence-electron chi connectivity index (χ3n) is 3.76. The highest BCUT2D eigenvalue weighted by atomic mass is 32.1. The van der Waals surface area contributed by atoms with Gasteiger partial charge in [-0.25, -0.2) is 4.68 Å². The molecule has 3 aromatic rings. The molecule has 0 bridgehead atoms. The monoisotopic (exact) mass is 337 g/mol. The van der Waals surface area contributed by atoms with Gasteiger partial charge in [-0.15, -0.1) is 11.3 Å². The molecule has 5 heteroatoms. The standard InChI is InChI=1S/C19H19N3OS/c1-13-4-6-16(7-5-13)18-12-24-19(20-3)22(18)21-14(2)15-8-10-17(23)11-9-15/h4-12,23H,1-3H3. The van der Waals surface area contributed by atoms with Crippen LogP contribution in [0.2, 0.25) is 0 Å². The molecule has 1 N–H and O–H groups in total. The number of phenols is 1. The summed E-state index contributed by atoms with van der Waals surface area (Å²) in [6.45, 7) is 4.03. The Morgan fingerprint density at radius 1 is 1.04 bits per heavy atom. The number of nitrogens with zero attached hydrogens (tertiary/aromatic N) is 3. The smallest absolute Gasteiger partial charge is 0.205 e. The van der Waals surface area contributed by atoms with Gasteiger partial charge in [-0.2, -0.15) is 5.10 Å². The van der Waals surface area contributed by atoms with Gasteiger partial charge in [-0.1, -0.05) is 29.8 Å². The number of aromatic hydroxyl groups is 1. The van der Waals surface area contributed by atoms with Gasteiger partial charge in [0, 0.05) is 18.0 Å². The van der Waals surface area contributed by atoms with Crippen molar-refractivity contribution < 1.29 is 5.11 Å². The molecule has 0 radical (unpaired) electrons. The fourth-order valence-electron chi connectivity index (χ4n) is 2.38. The number of rotatable bonds is 3. The highest BCUT2D eigenvalue weighted by Crippen LogP contribution is 2.21. The second-order valence-corrected chi connectivity index (χ2v) is 6.37. The summed E-state index contributed by atoms with van der Waals surface area (Å²) < 4.78 is 1.87. The number of phenolic OH excluding ortho intramolecular Hbond substituents is 1. The van der Waals surface area contributed by atoms with Crippen molar-refractivity contribution in [2.24, 2.45) is 10.1 Å². The SMILES string of the molecule is CN=c1scc(-c2ccc(C)cc2)n1N=C(C)c1ccc(O)cc1. The Kier molecular flexibility index (Phi) is 4.62. The van der Waals surface area contributed by atoms with Crippen LogP contribution in [0.4, 0.5) is 0 Å². The largest absolute Gasteiger partial charge is 0.508 e. The van der Waals surface area contributed by atoms with Crippen molar-refractivity contribution in [3.63, 3.8) is 0 Å². The van der Waals surface area contributed by atoms with Gasteiger partial charge >= 0.3 is 0 Å². The van der Waals surface area contributed by atoms with Crippen LogP contribution in [0.1, 0.15) is 18.1 Å². The van der Waals surface area contributed by atoms with Crippen molar-refractivity contribution in [1.82, 2.24) is 4.68 Å². The van der Waals surface area contributed by atoms with E-state index in [0.717, 1.165) is 27.3 Å². The van der Waals surface area contributed by atoms with E-state index in [9.17, 15) is 5.11 Å². The zero-order valence-corrected chi connectivity index (χ0v) is 14.7. The first-order chi connectivity index (χ1) is 11.6. The zero-order valence-electron chi connectivity index (χ0n) is 13.9. The third-order valence-corrected chi connectivity index (χ3v) is 4.67. The predicted octanol–water partition coefficient (Wildman–Crippen LogP) is 4.03. The van der Waals surface area contributed by atoms with E-state index in [2.05, 4.69) is 41.6 Å². The molecule has 24 heavy (non-hydrogen) atoms. The highest BCUT2D eigenvalue weighted by molar-refractivity contribution is 7.07. The molecular formula is C19H19N3OS. The van der Waals surface area contributed by atoms with Gasteiger partial charge in [0.2, 0.25) is 4.80 Å². The maximum atomic E-state index is 9.43. The van der Waals surface area contributed by atoms with E-state index in [1.807, 2.05) is 23.7 Å². The normalized spacial score (nSPS) is 12.6. The highest BCUT2D eigenvalue weighted by Gasteiger charge is 2.08. The number of aromatic nitrogens is 1. The molecule has 0 atom stereocenters. The fraction of sp³-hybridized carbons (Fsp3) is 0.158. The topological polar surface area (TPSA) is 49.9 Å². The number of aryl methyl sites for hydroxylation is 1. The van der Waals surface area contributed by atoms with E-state index >= 15 is 0 Å². The lowest BCUT2D eigenvalue weighted by molar-refractivity contribution is 0.475. The third kappa shape index (κ3) is 3.31.